The van der Waals surface area contributed by atoms with Crippen molar-refractivity contribution in [2.75, 3.05) is 33.0 Å². The minimum atomic E-state index is -0.0200. The lowest BCUT2D eigenvalue weighted by Crippen LogP contribution is -2.29. The van der Waals surface area contributed by atoms with Crippen molar-refractivity contribution < 1.29 is 23.7 Å². The molecule has 0 aromatic heterocycles. The van der Waals surface area contributed by atoms with Crippen molar-refractivity contribution in [2.45, 2.75) is 59.9 Å². The molecule has 0 aliphatic rings. The quantitative estimate of drug-likeness (QED) is 0.489. The Morgan fingerprint density at radius 1 is 0.762 bits per heavy atom. The molecule has 0 fully saturated rings. The lowest BCUT2D eigenvalue weighted by atomic mass is 10.1. The van der Waals surface area contributed by atoms with Gasteiger partial charge in [0.15, 0.2) is 5.78 Å². The molecule has 0 aliphatic heterocycles. The first-order valence-corrected chi connectivity index (χ1v) is 7.79. The van der Waals surface area contributed by atoms with Crippen LogP contribution in [0.25, 0.3) is 0 Å². The van der Waals surface area contributed by atoms with Gasteiger partial charge in [0, 0.05) is 5.92 Å². The van der Waals surface area contributed by atoms with Crippen molar-refractivity contribution in [3.63, 3.8) is 0 Å². The molecule has 0 spiro atoms. The van der Waals surface area contributed by atoms with Gasteiger partial charge in [-0.1, -0.05) is 13.8 Å². The van der Waals surface area contributed by atoms with Crippen molar-refractivity contribution in [2.24, 2.45) is 5.92 Å². The van der Waals surface area contributed by atoms with Gasteiger partial charge in [0.1, 0.15) is 6.61 Å². The SMILES string of the molecule is CC(C)OCCO[C@@H](C)[C@H](C)OCCOCC(=O)C(C)C. The van der Waals surface area contributed by atoms with Gasteiger partial charge in [-0.05, 0) is 27.7 Å². The van der Waals surface area contributed by atoms with Crippen LogP contribution in [0.4, 0.5) is 0 Å². The summed E-state index contributed by atoms with van der Waals surface area (Å²) in [5.74, 6) is 0.135. The van der Waals surface area contributed by atoms with E-state index in [0.29, 0.717) is 26.4 Å². The minimum Gasteiger partial charge on any atom is -0.376 e. The Balaban J connectivity index is 3.55. The number of carbonyl (C=O) groups is 1. The highest BCUT2D eigenvalue weighted by Crippen LogP contribution is 2.03. The van der Waals surface area contributed by atoms with Crippen molar-refractivity contribution in [1.82, 2.24) is 0 Å². The van der Waals surface area contributed by atoms with Crippen molar-refractivity contribution in [1.29, 1.82) is 0 Å². The van der Waals surface area contributed by atoms with E-state index in [1.165, 1.54) is 0 Å². The molecule has 0 heterocycles. The molecule has 0 rings (SSSR count). The molecule has 0 N–H and O–H groups in total. The van der Waals surface area contributed by atoms with Crippen LogP contribution in [0.15, 0.2) is 0 Å². The summed E-state index contributed by atoms with van der Waals surface area (Å²) in [7, 11) is 0. The molecular formula is C16H32O5. The highest BCUT2D eigenvalue weighted by molar-refractivity contribution is 5.81. The first-order valence-electron chi connectivity index (χ1n) is 7.79. The number of hydrogen-bond acceptors (Lipinski definition) is 5. The predicted octanol–water partition coefficient (Wildman–Crippen LogP) is 2.46. The molecule has 5 heteroatoms. The summed E-state index contributed by atoms with van der Waals surface area (Å²) in [6.07, 6.45) is 0.204. The van der Waals surface area contributed by atoms with E-state index in [0.717, 1.165) is 0 Å². The zero-order chi connectivity index (χ0) is 16.3. The number of Topliss-reactive ketones (excluding diaryl/α,β-unsaturated/α-hetero) is 1. The van der Waals surface area contributed by atoms with Crippen molar-refractivity contribution in [3.8, 4) is 0 Å². The molecule has 0 bridgehead atoms. The van der Waals surface area contributed by atoms with Gasteiger partial charge < -0.3 is 18.9 Å². The maximum atomic E-state index is 11.3. The van der Waals surface area contributed by atoms with E-state index >= 15 is 0 Å². The normalized spacial score (nSPS) is 14.7. The van der Waals surface area contributed by atoms with E-state index in [1.54, 1.807) is 0 Å². The monoisotopic (exact) mass is 304 g/mol. The van der Waals surface area contributed by atoms with Crippen LogP contribution in [0.5, 0.6) is 0 Å². The first-order chi connectivity index (χ1) is 9.84. The Kier molecular flexibility index (Phi) is 11.8. The highest BCUT2D eigenvalue weighted by atomic mass is 16.6. The summed E-state index contributed by atoms with van der Waals surface area (Å²) in [6.45, 7) is 13.9. The van der Waals surface area contributed by atoms with Crippen LogP contribution in [0.3, 0.4) is 0 Å². The number of ether oxygens (including phenoxy) is 4. The summed E-state index contributed by atoms with van der Waals surface area (Å²) in [5, 5.41) is 0. The van der Waals surface area contributed by atoms with E-state index in [-0.39, 0.29) is 36.6 Å². The fourth-order valence-corrected chi connectivity index (χ4v) is 1.42. The van der Waals surface area contributed by atoms with Crippen molar-refractivity contribution in [3.05, 3.63) is 0 Å². The molecule has 5 nitrogen and oxygen atoms in total. The lowest BCUT2D eigenvalue weighted by Gasteiger charge is -2.21. The third-order valence-electron chi connectivity index (χ3n) is 3.07. The van der Waals surface area contributed by atoms with Crippen LogP contribution >= 0.6 is 0 Å². The molecule has 0 aromatic carbocycles. The van der Waals surface area contributed by atoms with E-state index in [4.69, 9.17) is 18.9 Å². The summed E-state index contributed by atoms with van der Waals surface area (Å²) in [6, 6.07) is 0. The van der Waals surface area contributed by atoms with Crippen LogP contribution in [-0.2, 0) is 23.7 Å². The Bertz CT molecular complexity index is 265. The summed E-state index contributed by atoms with van der Waals surface area (Å²) >= 11 is 0. The topological polar surface area (TPSA) is 54.0 Å². The van der Waals surface area contributed by atoms with E-state index < -0.39 is 0 Å². The molecular weight excluding hydrogens is 272 g/mol. The summed E-state index contributed by atoms with van der Waals surface area (Å²) in [4.78, 5) is 11.3. The lowest BCUT2D eigenvalue weighted by molar-refractivity contribution is -0.128. The minimum absolute atomic E-state index is 0.00180. The number of hydrogen-bond donors (Lipinski definition) is 0. The van der Waals surface area contributed by atoms with Gasteiger partial charge in [-0.25, -0.2) is 0 Å². The summed E-state index contributed by atoms with van der Waals surface area (Å²) < 4.78 is 21.9. The van der Waals surface area contributed by atoms with Crippen LogP contribution < -0.4 is 0 Å². The van der Waals surface area contributed by atoms with Gasteiger partial charge in [0.25, 0.3) is 0 Å². The van der Waals surface area contributed by atoms with Gasteiger partial charge in [0.2, 0.25) is 0 Å². The molecule has 21 heavy (non-hydrogen) atoms. The van der Waals surface area contributed by atoms with Crippen LogP contribution in [0.1, 0.15) is 41.5 Å². The van der Waals surface area contributed by atoms with E-state index in [1.807, 2.05) is 41.5 Å². The maximum Gasteiger partial charge on any atom is 0.160 e. The third kappa shape index (κ3) is 11.8. The second-order valence-electron chi connectivity index (χ2n) is 5.74. The van der Waals surface area contributed by atoms with Crippen LogP contribution in [-0.4, -0.2) is 57.1 Å². The highest BCUT2D eigenvalue weighted by Gasteiger charge is 2.13. The number of carbonyl (C=O) groups excluding carboxylic acids is 1. The molecule has 0 radical (unpaired) electrons. The smallest absolute Gasteiger partial charge is 0.160 e. The second kappa shape index (κ2) is 12.1. The van der Waals surface area contributed by atoms with E-state index in [9.17, 15) is 4.79 Å². The van der Waals surface area contributed by atoms with Crippen LogP contribution in [0, 0.1) is 5.92 Å². The Morgan fingerprint density at radius 3 is 1.71 bits per heavy atom. The zero-order valence-corrected chi connectivity index (χ0v) is 14.4. The molecule has 0 amide bonds. The Labute approximate surface area is 129 Å². The van der Waals surface area contributed by atoms with Gasteiger partial charge in [-0.15, -0.1) is 0 Å². The Morgan fingerprint density at radius 2 is 1.24 bits per heavy atom. The standard InChI is InChI=1S/C16H32O5/c1-12(2)16(17)11-18-7-8-20-14(5)15(6)21-10-9-19-13(3)4/h12-15H,7-11H2,1-6H3/t14-,15-/m0/s1. The predicted molar refractivity (Wildman–Crippen MR) is 82.6 cm³/mol. The van der Waals surface area contributed by atoms with Crippen molar-refractivity contribution >= 4 is 5.78 Å². The van der Waals surface area contributed by atoms with Crippen LogP contribution in [0.2, 0.25) is 0 Å². The zero-order valence-electron chi connectivity index (χ0n) is 14.4. The van der Waals surface area contributed by atoms with Gasteiger partial charge in [-0.3, -0.25) is 4.79 Å². The molecule has 0 unspecified atom stereocenters. The molecule has 0 aliphatic carbocycles. The fourth-order valence-electron chi connectivity index (χ4n) is 1.42. The third-order valence-corrected chi connectivity index (χ3v) is 3.07. The van der Waals surface area contributed by atoms with Gasteiger partial charge in [0.05, 0.1) is 44.7 Å². The van der Waals surface area contributed by atoms with E-state index in [2.05, 4.69) is 0 Å². The maximum absolute atomic E-state index is 11.3. The van der Waals surface area contributed by atoms with Gasteiger partial charge in [-0.2, -0.15) is 0 Å². The molecule has 0 aromatic rings. The molecule has 0 saturated carbocycles. The number of ketones is 1. The van der Waals surface area contributed by atoms with Gasteiger partial charge >= 0.3 is 0 Å². The molecule has 2 atom stereocenters. The summed E-state index contributed by atoms with van der Waals surface area (Å²) in [5.41, 5.74) is 0. The first kappa shape index (κ1) is 20.5. The average molecular weight is 304 g/mol. The Hall–Kier alpha value is -0.490. The molecule has 126 valence electrons. The second-order valence-corrected chi connectivity index (χ2v) is 5.74. The largest absolute Gasteiger partial charge is 0.376 e. The fraction of sp³-hybridized carbons (Fsp3) is 0.938. The average Bonchev–Trinajstić information content (AvgIpc) is 2.41. The number of rotatable bonds is 13. The molecule has 0 saturated heterocycles.